The van der Waals surface area contributed by atoms with Crippen LogP contribution in [0.1, 0.15) is 43.1 Å². The molecule has 0 aliphatic carbocycles. The van der Waals surface area contributed by atoms with Crippen LogP contribution >= 0.6 is 0 Å². The molecule has 0 spiro atoms. The molecule has 0 radical (unpaired) electrons. The quantitative estimate of drug-likeness (QED) is 0.895. The highest BCUT2D eigenvalue weighted by Gasteiger charge is 2.15. The molecule has 1 atom stereocenters. The molecule has 2 N–H and O–H groups in total. The number of benzene rings is 1. The van der Waals surface area contributed by atoms with Crippen LogP contribution in [0, 0.1) is 6.92 Å². The molecule has 18 heavy (non-hydrogen) atoms. The molecule has 3 heteroatoms. The van der Waals surface area contributed by atoms with Gasteiger partial charge in [-0.2, -0.15) is 5.10 Å². The summed E-state index contributed by atoms with van der Waals surface area (Å²) in [6, 6.07) is 10.9. The molecule has 1 heterocycles. The Labute approximate surface area is 109 Å². The van der Waals surface area contributed by atoms with Gasteiger partial charge >= 0.3 is 0 Å². The summed E-state index contributed by atoms with van der Waals surface area (Å²) < 4.78 is 1.93. The zero-order valence-corrected chi connectivity index (χ0v) is 11.4. The summed E-state index contributed by atoms with van der Waals surface area (Å²) in [5, 5.41) is 4.49. The maximum absolute atomic E-state index is 6.01. The van der Waals surface area contributed by atoms with Crippen molar-refractivity contribution in [3.05, 3.63) is 47.2 Å². The second kappa shape index (κ2) is 5.25. The molecule has 1 unspecified atom stereocenters. The predicted octanol–water partition coefficient (Wildman–Crippen LogP) is 3.34. The molecule has 96 valence electrons. The molecule has 2 aromatic rings. The van der Waals surface area contributed by atoms with Crippen LogP contribution in [-0.2, 0) is 6.42 Å². The molecule has 0 saturated carbocycles. The van der Waals surface area contributed by atoms with Crippen LogP contribution in [-0.4, -0.2) is 9.78 Å². The zero-order valence-electron chi connectivity index (χ0n) is 11.4. The summed E-state index contributed by atoms with van der Waals surface area (Å²) in [7, 11) is 0. The molecular formula is C15H21N3. The van der Waals surface area contributed by atoms with Gasteiger partial charge in [-0.25, -0.2) is 4.68 Å². The average molecular weight is 243 g/mol. The Morgan fingerprint density at radius 3 is 2.33 bits per heavy atom. The Morgan fingerprint density at radius 2 is 1.89 bits per heavy atom. The highest BCUT2D eigenvalue weighted by atomic mass is 15.3. The molecule has 0 fully saturated rings. The molecule has 0 aliphatic heterocycles. The van der Waals surface area contributed by atoms with E-state index in [1.54, 1.807) is 0 Å². The highest BCUT2D eigenvalue weighted by molar-refractivity contribution is 5.34. The van der Waals surface area contributed by atoms with Crippen LogP contribution in [0.2, 0.25) is 0 Å². The van der Waals surface area contributed by atoms with Crippen molar-refractivity contribution in [1.29, 1.82) is 0 Å². The number of anilines is 1. The molecule has 0 aliphatic rings. The van der Waals surface area contributed by atoms with E-state index in [1.807, 2.05) is 17.7 Å². The van der Waals surface area contributed by atoms with E-state index in [0.717, 1.165) is 24.4 Å². The lowest BCUT2D eigenvalue weighted by Crippen LogP contribution is -2.14. The van der Waals surface area contributed by atoms with Gasteiger partial charge in [-0.15, -0.1) is 0 Å². The molecule has 0 saturated heterocycles. The smallest absolute Gasteiger partial charge is 0.122 e. The SMILES string of the molecule is CCc1ccc(C(CC)n2nc(C)cc2N)cc1. The van der Waals surface area contributed by atoms with Gasteiger partial charge in [0.1, 0.15) is 5.82 Å². The van der Waals surface area contributed by atoms with Gasteiger partial charge in [-0.3, -0.25) is 0 Å². The van der Waals surface area contributed by atoms with Crippen LogP contribution < -0.4 is 5.73 Å². The third-order valence-electron chi connectivity index (χ3n) is 3.34. The topological polar surface area (TPSA) is 43.8 Å². The van der Waals surface area contributed by atoms with E-state index in [1.165, 1.54) is 11.1 Å². The van der Waals surface area contributed by atoms with Crippen molar-refractivity contribution in [3.63, 3.8) is 0 Å². The minimum atomic E-state index is 0.226. The standard InChI is InChI=1S/C15H21N3/c1-4-12-6-8-13(9-7-12)14(5-2)18-15(16)10-11(3)17-18/h6-10,14H,4-5,16H2,1-3H3. The van der Waals surface area contributed by atoms with E-state index < -0.39 is 0 Å². The van der Waals surface area contributed by atoms with Gasteiger partial charge in [0, 0.05) is 6.07 Å². The van der Waals surface area contributed by atoms with Crippen LogP contribution in [0.3, 0.4) is 0 Å². The summed E-state index contributed by atoms with van der Waals surface area (Å²) >= 11 is 0. The van der Waals surface area contributed by atoms with Crippen LogP contribution in [0.5, 0.6) is 0 Å². The maximum Gasteiger partial charge on any atom is 0.122 e. The van der Waals surface area contributed by atoms with Crippen molar-refractivity contribution in [2.24, 2.45) is 0 Å². The van der Waals surface area contributed by atoms with E-state index in [0.29, 0.717) is 0 Å². The van der Waals surface area contributed by atoms with Gasteiger partial charge < -0.3 is 5.73 Å². The lowest BCUT2D eigenvalue weighted by atomic mass is 10.0. The molecule has 0 amide bonds. The Balaban J connectivity index is 2.35. The lowest BCUT2D eigenvalue weighted by molar-refractivity contribution is 0.513. The molecule has 0 bridgehead atoms. The van der Waals surface area contributed by atoms with Gasteiger partial charge in [-0.1, -0.05) is 38.1 Å². The number of aromatic nitrogens is 2. The maximum atomic E-state index is 6.01. The van der Waals surface area contributed by atoms with Gasteiger partial charge in [0.2, 0.25) is 0 Å². The number of nitrogens with two attached hydrogens (primary N) is 1. The van der Waals surface area contributed by atoms with Gasteiger partial charge in [0.05, 0.1) is 11.7 Å². The fraction of sp³-hybridized carbons (Fsp3) is 0.400. The van der Waals surface area contributed by atoms with E-state index in [2.05, 4.69) is 43.2 Å². The van der Waals surface area contributed by atoms with Gasteiger partial charge in [0.25, 0.3) is 0 Å². The van der Waals surface area contributed by atoms with Crippen molar-refractivity contribution in [1.82, 2.24) is 9.78 Å². The first-order chi connectivity index (χ1) is 8.65. The second-order valence-electron chi connectivity index (χ2n) is 4.67. The summed E-state index contributed by atoms with van der Waals surface area (Å²) in [4.78, 5) is 0. The fourth-order valence-electron chi connectivity index (χ4n) is 2.31. The largest absolute Gasteiger partial charge is 0.384 e. The first-order valence-corrected chi connectivity index (χ1v) is 6.56. The lowest BCUT2D eigenvalue weighted by Gasteiger charge is -2.18. The summed E-state index contributed by atoms with van der Waals surface area (Å²) in [6.07, 6.45) is 2.05. The number of nitrogen functional groups attached to an aromatic ring is 1. The van der Waals surface area contributed by atoms with Crippen molar-refractivity contribution in [2.45, 2.75) is 39.7 Å². The first-order valence-electron chi connectivity index (χ1n) is 6.56. The average Bonchev–Trinajstić information content (AvgIpc) is 2.70. The Kier molecular flexibility index (Phi) is 3.70. The Hall–Kier alpha value is -1.77. The number of hydrogen-bond donors (Lipinski definition) is 1. The van der Waals surface area contributed by atoms with Crippen molar-refractivity contribution in [2.75, 3.05) is 5.73 Å². The molecule has 2 rings (SSSR count). The first kappa shape index (κ1) is 12.7. The van der Waals surface area contributed by atoms with E-state index in [4.69, 9.17) is 5.73 Å². The van der Waals surface area contributed by atoms with E-state index in [9.17, 15) is 0 Å². The van der Waals surface area contributed by atoms with Crippen LogP contribution in [0.25, 0.3) is 0 Å². The predicted molar refractivity (Wildman–Crippen MR) is 75.6 cm³/mol. The van der Waals surface area contributed by atoms with Crippen molar-refractivity contribution < 1.29 is 0 Å². The number of aryl methyl sites for hydroxylation is 2. The number of rotatable bonds is 4. The van der Waals surface area contributed by atoms with E-state index >= 15 is 0 Å². The molecule has 1 aromatic carbocycles. The summed E-state index contributed by atoms with van der Waals surface area (Å²) in [5.41, 5.74) is 9.61. The van der Waals surface area contributed by atoms with Crippen molar-refractivity contribution in [3.8, 4) is 0 Å². The normalized spacial score (nSPS) is 12.6. The van der Waals surface area contributed by atoms with Crippen molar-refractivity contribution >= 4 is 5.82 Å². The molecule has 1 aromatic heterocycles. The third kappa shape index (κ3) is 2.40. The van der Waals surface area contributed by atoms with Gasteiger partial charge in [0.15, 0.2) is 0 Å². The minimum absolute atomic E-state index is 0.226. The fourth-order valence-corrected chi connectivity index (χ4v) is 2.31. The number of hydrogen-bond acceptors (Lipinski definition) is 2. The molecule has 3 nitrogen and oxygen atoms in total. The van der Waals surface area contributed by atoms with E-state index in [-0.39, 0.29) is 6.04 Å². The zero-order chi connectivity index (χ0) is 13.1. The number of nitrogens with zero attached hydrogens (tertiary/aromatic N) is 2. The monoisotopic (exact) mass is 243 g/mol. The van der Waals surface area contributed by atoms with Gasteiger partial charge in [-0.05, 0) is 30.9 Å². The highest BCUT2D eigenvalue weighted by Crippen LogP contribution is 2.25. The Bertz CT molecular complexity index is 511. The summed E-state index contributed by atoms with van der Waals surface area (Å²) in [6.45, 7) is 6.30. The second-order valence-corrected chi connectivity index (χ2v) is 4.67. The summed E-state index contributed by atoms with van der Waals surface area (Å²) in [5.74, 6) is 0.735. The molecular weight excluding hydrogens is 222 g/mol. The van der Waals surface area contributed by atoms with Crippen LogP contribution in [0.4, 0.5) is 5.82 Å². The Morgan fingerprint density at radius 1 is 1.22 bits per heavy atom. The van der Waals surface area contributed by atoms with Crippen LogP contribution in [0.15, 0.2) is 30.3 Å². The minimum Gasteiger partial charge on any atom is -0.384 e. The third-order valence-corrected chi connectivity index (χ3v) is 3.34.